The minimum absolute atomic E-state index is 0.227. The number of imidazole rings is 1. The van der Waals surface area contributed by atoms with Gasteiger partial charge in [-0.05, 0) is 32.9 Å². The Morgan fingerprint density at radius 3 is 2.54 bits per heavy atom. The molecule has 144 valence electrons. The van der Waals surface area contributed by atoms with E-state index >= 15 is 0 Å². The zero-order chi connectivity index (χ0) is 20.5. The van der Waals surface area contributed by atoms with E-state index in [9.17, 15) is 4.79 Å². The van der Waals surface area contributed by atoms with Gasteiger partial charge in [-0.3, -0.25) is 4.90 Å². The highest BCUT2D eigenvalue weighted by Gasteiger charge is 2.25. The molecule has 3 aromatic rings. The van der Waals surface area contributed by atoms with E-state index in [0.29, 0.717) is 22.4 Å². The first kappa shape index (κ1) is 19.2. The lowest BCUT2D eigenvalue weighted by Gasteiger charge is -2.24. The van der Waals surface area contributed by atoms with Gasteiger partial charge in [-0.25, -0.2) is 14.8 Å². The first-order valence-electron chi connectivity index (χ1n) is 8.81. The number of aromatic nitrogens is 3. The molecule has 0 aliphatic carbocycles. The number of ether oxygens (including phenoxy) is 1. The highest BCUT2D eigenvalue weighted by atomic mass is 16.6. The Bertz CT molecular complexity index is 1090. The van der Waals surface area contributed by atoms with Crippen LogP contribution < -0.4 is 10.6 Å². The lowest BCUT2D eigenvalue weighted by atomic mass is 10.1. The van der Waals surface area contributed by atoms with E-state index in [1.165, 1.54) is 4.90 Å². The Hall–Kier alpha value is -3.53. The van der Waals surface area contributed by atoms with E-state index in [-0.39, 0.29) is 5.82 Å². The zero-order valence-corrected chi connectivity index (χ0v) is 16.6. The summed E-state index contributed by atoms with van der Waals surface area (Å²) in [5.41, 5.74) is 8.26. The zero-order valence-electron chi connectivity index (χ0n) is 16.6. The Balaban J connectivity index is 2.10. The van der Waals surface area contributed by atoms with Gasteiger partial charge in [0.1, 0.15) is 16.9 Å². The van der Waals surface area contributed by atoms with Crippen LogP contribution in [-0.4, -0.2) is 33.3 Å². The fourth-order valence-corrected chi connectivity index (χ4v) is 2.66. The summed E-state index contributed by atoms with van der Waals surface area (Å²) in [7, 11) is 3.43. The number of rotatable bonds is 1. The van der Waals surface area contributed by atoms with Gasteiger partial charge in [0.05, 0.1) is 17.4 Å². The number of carbonyl (C=O) groups excluding carboxylic acids is 1. The standard InChI is InChI=1S/C21H23N5O2/c1-21(2,3)28-20(27)26(5)19-16-17(25(4)13-23-16)15(18(22)24-19)12-11-14-9-7-6-8-10-14/h6-10,13H,1-5H3,(H2,22,24). The van der Waals surface area contributed by atoms with Crippen molar-refractivity contribution in [3.05, 3.63) is 47.8 Å². The van der Waals surface area contributed by atoms with Gasteiger partial charge in [-0.2, -0.15) is 0 Å². The van der Waals surface area contributed by atoms with Crippen LogP contribution in [-0.2, 0) is 11.8 Å². The van der Waals surface area contributed by atoms with E-state index in [4.69, 9.17) is 10.5 Å². The fraction of sp³-hybridized carbons (Fsp3) is 0.286. The van der Waals surface area contributed by atoms with Gasteiger partial charge in [0.15, 0.2) is 5.82 Å². The smallest absolute Gasteiger partial charge is 0.415 e. The van der Waals surface area contributed by atoms with E-state index in [1.807, 2.05) is 41.9 Å². The van der Waals surface area contributed by atoms with Crippen LogP contribution in [0.4, 0.5) is 16.4 Å². The molecule has 28 heavy (non-hydrogen) atoms. The molecule has 0 fully saturated rings. The number of pyridine rings is 1. The van der Waals surface area contributed by atoms with Gasteiger partial charge in [-0.1, -0.05) is 30.0 Å². The van der Waals surface area contributed by atoms with E-state index in [0.717, 1.165) is 5.56 Å². The van der Waals surface area contributed by atoms with Gasteiger partial charge in [-0.15, -0.1) is 0 Å². The summed E-state index contributed by atoms with van der Waals surface area (Å²) in [5, 5.41) is 0. The molecule has 2 aromatic heterocycles. The molecule has 0 unspecified atom stereocenters. The van der Waals surface area contributed by atoms with Gasteiger partial charge in [0.25, 0.3) is 0 Å². The minimum Gasteiger partial charge on any atom is -0.443 e. The monoisotopic (exact) mass is 377 g/mol. The topological polar surface area (TPSA) is 86.3 Å². The largest absolute Gasteiger partial charge is 0.443 e. The van der Waals surface area contributed by atoms with Crippen LogP contribution in [0.5, 0.6) is 0 Å². The minimum atomic E-state index is -0.624. The number of nitrogen functional groups attached to an aromatic ring is 1. The normalized spacial score (nSPS) is 11.0. The second-order valence-electron chi connectivity index (χ2n) is 7.40. The predicted octanol–water partition coefficient (Wildman–Crippen LogP) is 3.32. The van der Waals surface area contributed by atoms with Crippen molar-refractivity contribution in [2.45, 2.75) is 26.4 Å². The maximum Gasteiger partial charge on any atom is 0.415 e. The van der Waals surface area contributed by atoms with Crippen LogP contribution in [0.1, 0.15) is 31.9 Å². The lowest BCUT2D eigenvalue weighted by Crippen LogP contribution is -2.34. The van der Waals surface area contributed by atoms with Gasteiger partial charge in [0, 0.05) is 19.7 Å². The van der Waals surface area contributed by atoms with Crippen LogP contribution in [0.2, 0.25) is 0 Å². The number of amides is 1. The van der Waals surface area contributed by atoms with Crippen molar-refractivity contribution in [2.75, 3.05) is 17.7 Å². The second kappa shape index (κ2) is 7.24. The number of benzene rings is 1. The molecular formula is C21H23N5O2. The second-order valence-corrected chi connectivity index (χ2v) is 7.40. The Morgan fingerprint density at radius 1 is 1.21 bits per heavy atom. The van der Waals surface area contributed by atoms with Crippen LogP contribution in [0.3, 0.4) is 0 Å². The third-order valence-corrected chi connectivity index (χ3v) is 3.96. The van der Waals surface area contributed by atoms with Crippen LogP contribution >= 0.6 is 0 Å². The Morgan fingerprint density at radius 2 is 1.89 bits per heavy atom. The Kier molecular flexibility index (Phi) is 4.97. The summed E-state index contributed by atoms with van der Waals surface area (Å²) in [6, 6.07) is 9.61. The third-order valence-electron chi connectivity index (χ3n) is 3.96. The van der Waals surface area contributed by atoms with Crippen molar-refractivity contribution >= 4 is 28.8 Å². The molecule has 1 aromatic carbocycles. The molecule has 0 atom stereocenters. The summed E-state index contributed by atoms with van der Waals surface area (Å²) >= 11 is 0. The molecule has 0 radical (unpaired) electrons. The fourth-order valence-electron chi connectivity index (χ4n) is 2.66. The van der Waals surface area contributed by atoms with Crippen LogP contribution in [0.15, 0.2) is 36.7 Å². The highest BCUT2D eigenvalue weighted by Crippen LogP contribution is 2.29. The van der Waals surface area contributed by atoms with Crippen molar-refractivity contribution in [3.63, 3.8) is 0 Å². The molecule has 0 saturated heterocycles. The van der Waals surface area contributed by atoms with Crippen molar-refractivity contribution in [1.29, 1.82) is 0 Å². The Labute approximate surface area is 164 Å². The van der Waals surface area contributed by atoms with Crippen LogP contribution in [0.25, 0.3) is 11.0 Å². The maximum atomic E-state index is 12.5. The van der Waals surface area contributed by atoms with E-state index in [2.05, 4.69) is 21.8 Å². The number of aryl methyl sites for hydroxylation is 1. The molecular weight excluding hydrogens is 354 g/mol. The average Bonchev–Trinajstić information content (AvgIpc) is 3.01. The number of hydrogen-bond acceptors (Lipinski definition) is 5. The number of anilines is 2. The highest BCUT2D eigenvalue weighted by molar-refractivity contribution is 6.00. The SMILES string of the molecule is CN(C(=O)OC(C)(C)C)c1nc(N)c(C#Cc2ccccc2)c2c1ncn2C. The summed E-state index contributed by atoms with van der Waals surface area (Å²) in [6.45, 7) is 5.41. The molecule has 0 saturated carbocycles. The molecule has 2 heterocycles. The number of nitrogens with zero attached hydrogens (tertiary/aromatic N) is 4. The van der Waals surface area contributed by atoms with Crippen molar-refractivity contribution in [3.8, 4) is 11.8 Å². The molecule has 0 aliphatic heterocycles. The summed E-state index contributed by atoms with van der Waals surface area (Å²) < 4.78 is 7.24. The molecule has 0 bridgehead atoms. The molecule has 2 N–H and O–H groups in total. The van der Waals surface area contributed by atoms with E-state index in [1.54, 1.807) is 34.1 Å². The quantitative estimate of drug-likeness (QED) is 0.658. The lowest BCUT2D eigenvalue weighted by molar-refractivity contribution is 0.0588. The van der Waals surface area contributed by atoms with Gasteiger partial charge < -0.3 is 15.0 Å². The number of hydrogen-bond donors (Lipinski definition) is 1. The van der Waals surface area contributed by atoms with Gasteiger partial charge >= 0.3 is 6.09 Å². The average molecular weight is 377 g/mol. The number of fused-ring (bicyclic) bond motifs is 1. The first-order valence-corrected chi connectivity index (χ1v) is 8.81. The molecule has 3 rings (SSSR count). The van der Waals surface area contributed by atoms with Gasteiger partial charge in [0.2, 0.25) is 0 Å². The van der Waals surface area contributed by atoms with Crippen molar-refractivity contribution < 1.29 is 9.53 Å². The number of carbonyl (C=O) groups is 1. The van der Waals surface area contributed by atoms with Crippen molar-refractivity contribution in [1.82, 2.24) is 14.5 Å². The maximum absolute atomic E-state index is 12.5. The summed E-state index contributed by atoms with van der Waals surface area (Å²) in [5.74, 6) is 6.75. The third kappa shape index (κ3) is 3.91. The van der Waals surface area contributed by atoms with E-state index < -0.39 is 11.7 Å². The molecule has 7 heteroatoms. The van der Waals surface area contributed by atoms with Crippen molar-refractivity contribution in [2.24, 2.45) is 7.05 Å². The molecule has 7 nitrogen and oxygen atoms in total. The molecule has 1 amide bonds. The first-order chi connectivity index (χ1) is 13.2. The molecule has 0 spiro atoms. The number of nitrogens with two attached hydrogens (primary N) is 1. The van der Waals surface area contributed by atoms with Crippen LogP contribution in [0, 0.1) is 11.8 Å². The summed E-state index contributed by atoms with van der Waals surface area (Å²) in [6.07, 6.45) is 1.11. The summed E-state index contributed by atoms with van der Waals surface area (Å²) in [4.78, 5) is 22.6. The predicted molar refractivity (Wildman–Crippen MR) is 110 cm³/mol. The molecule has 0 aliphatic rings.